The summed E-state index contributed by atoms with van der Waals surface area (Å²) in [5.41, 5.74) is 1.12. The van der Waals surface area contributed by atoms with Gasteiger partial charge in [-0.05, 0) is 27.8 Å². The van der Waals surface area contributed by atoms with E-state index in [2.05, 4.69) is 48.0 Å². The maximum Gasteiger partial charge on any atom is 0.194 e. The van der Waals surface area contributed by atoms with Gasteiger partial charge in [0.2, 0.25) is 0 Å². The number of nitrogens with one attached hydrogen (secondary N) is 1. The minimum absolute atomic E-state index is 0. The van der Waals surface area contributed by atoms with E-state index in [1.165, 1.54) is 0 Å². The summed E-state index contributed by atoms with van der Waals surface area (Å²) in [4.78, 5) is 9.41. The molecule has 1 saturated heterocycles. The molecule has 8 heteroatoms. The van der Waals surface area contributed by atoms with Crippen LogP contribution in [0.5, 0.6) is 0 Å². The molecular formula is C17H33IN6O. The van der Waals surface area contributed by atoms with Crippen molar-refractivity contribution in [3.05, 3.63) is 18.0 Å². The number of aliphatic imine (C=N–C) groups is 1. The number of likely N-dealkylation sites (N-methyl/N-ethyl adjacent to an activating group) is 1. The minimum atomic E-state index is 0. The maximum atomic E-state index is 5.92. The lowest BCUT2D eigenvalue weighted by Crippen LogP contribution is -2.48. The Kier molecular flexibility index (Phi) is 9.73. The van der Waals surface area contributed by atoms with E-state index in [1.807, 2.05) is 24.1 Å². The van der Waals surface area contributed by atoms with Crippen LogP contribution in [-0.4, -0.2) is 78.0 Å². The highest BCUT2D eigenvalue weighted by Crippen LogP contribution is 2.21. The second kappa shape index (κ2) is 11.0. The van der Waals surface area contributed by atoms with Crippen LogP contribution in [-0.2, 0) is 11.8 Å². The molecule has 1 aromatic heterocycles. The largest absolute Gasteiger partial charge is 0.370 e. The quantitative estimate of drug-likeness (QED) is 0.395. The van der Waals surface area contributed by atoms with Gasteiger partial charge in [0, 0.05) is 44.5 Å². The van der Waals surface area contributed by atoms with E-state index in [1.54, 1.807) is 0 Å². The normalized spacial score (nSPS) is 18.6. The third-order valence-corrected chi connectivity index (χ3v) is 4.39. The van der Waals surface area contributed by atoms with Crippen molar-refractivity contribution in [3.63, 3.8) is 0 Å². The van der Waals surface area contributed by atoms with Crippen molar-refractivity contribution >= 4 is 29.9 Å². The van der Waals surface area contributed by atoms with Gasteiger partial charge in [-0.1, -0.05) is 0 Å². The van der Waals surface area contributed by atoms with Gasteiger partial charge in [0.1, 0.15) is 6.10 Å². The van der Waals surface area contributed by atoms with E-state index in [0.717, 1.165) is 44.2 Å². The smallest absolute Gasteiger partial charge is 0.194 e. The molecule has 1 fully saturated rings. The summed E-state index contributed by atoms with van der Waals surface area (Å²) >= 11 is 0. The summed E-state index contributed by atoms with van der Waals surface area (Å²) in [7, 11) is 4.07. The average Bonchev–Trinajstić information content (AvgIpc) is 3.00. The number of guanidine groups is 1. The summed E-state index contributed by atoms with van der Waals surface area (Å²) in [6, 6.07) is 0.543. The molecule has 1 N–H and O–H groups in total. The maximum absolute atomic E-state index is 5.92. The molecule has 0 aromatic carbocycles. The Balaban J connectivity index is 0.00000312. The summed E-state index contributed by atoms with van der Waals surface area (Å²) in [5, 5.41) is 7.66. The molecule has 0 aliphatic carbocycles. The van der Waals surface area contributed by atoms with Crippen LogP contribution in [0, 0.1) is 0 Å². The third-order valence-electron chi connectivity index (χ3n) is 4.39. The summed E-state index contributed by atoms with van der Waals surface area (Å²) in [5.74, 6) is 0.979. The zero-order valence-electron chi connectivity index (χ0n) is 16.1. The average molecular weight is 464 g/mol. The molecular weight excluding hydrogens is 431 g/mol. The standard InChI is InChI=1S/C17H32N6O.HI/c1-6-18-17(19-7-8-21(4)14(2)3)23-9-10-24-16(13-23)15-11-20-22(5)12-15;/h11-12,14,16H,6-10,13H2,1-5H3,(H,18,19);1H. The molecule has 0 amide bonds. The Bertz CT molecular complexity index is 533. The van der Waals surface area contributed by atoms with Crippen LogP contribution >= 0.6 is 24.0 Å². The van der Waals surface area contributed by atoms with E-state index in [-0.39, 0.29) is 30.1 Å². The Hall–Kier alpha value is -0.870. The molecule has 1 aliphatic heterocycles. The van der Waals surface area contributed by atoms with Crippen molar-refractivity contribution in [1.82, 2.24) is 24.9 Å². The van der Waals surface area contributed by atoms with Crippen LogP contribution < -0.4 is 5.32 Å². The Labute approximate surface area is 168 Å². The number of rotatable bonds is 6. The van der Waals surface area contributed by atoms with Crippen molar-refractivity contribution < 1.29 is 4.74 Å². The van der Waals surface area contributed by atoms with E-state index in [0.29, 0.717) is 12.6 Å². The highest BCUT2D eigenvalue weighted by molar-refractivity contribution is 14.0. The Morgan fingerprint density at radius 1 is 1.52 bits per heavy atom. The molecule has 7 nitrogen and oxygen atoms in total. The monoisotopic (exact) mass is 464 g/mol. The van der Waals surface area contributed by atoms with Gasteiger partial charge in [-0.25, -0.2) is 0 Å². The fourth-order valence-corrected chi connectivity index (χ4v) is 2.65. The first kappa shape index (κ1) is 22.2. The summed E-state index contributed by atoms with van der Waals surface area (Å²) < 4.78 is 7.74. The topological polar surface area (TPSA) is 57.9 Å². The highest BCUT2D eigenvalue weighted by Gasteiger charge is 2.25. The number of aryl methyl sites for hydroxylation is 1. The summed E-state index contributed by atoms with van der Waals surface area (Å²) in [6.45, 7) is 11.5. The number of hydrogen-bond acceptors (Lipinski definition) is 4. The second-order valence-electron chi connectivity index (χ2n) is 6.56. The van der Waals surface area contributed by atoms with Gasteiger partial charge in [0.25, 0.3) is 0 Å². The number of morpholine rings is 1. The molecule has 1 aromatic rings. The van der Waals surface area contributed by atoms with Gasteiger partial charge in [0.15, 0.2) is 5.96 Å². The second-order valence-corrected chi connectivity index (χ2v) is 6.56. The molecule has 25 heavy (non-hydrogen) atoms. The number of aromatic nitrogens is 2. The molecule has 0 radical (unpaired) electrons. The first-order valence-electron chi connectivity index (χ1n) is 8.85. The van der Waals surface area contributed by atoms with Gasteiger partial charge in [-0.2, -0.15) is 5.10 Å². The zero-order chi connectivity index (χ0) is 17.5. The molecule has 1 aliphatic rings. The first-order chi connectivity index (χ1) is 11.5. The molecule has 0 saturated carbocycles. The molecule has 2 rings (SSSR count). The number of nitrogens with zero attached hydrogens (tertiary/aromatic N) is 5. The number of halogens is 1. The predicted octanol–water partition coefficient (Wildman–Crippen LogP) is 1.72. The fraction of sp³-hybridized carbons (Fsp3) is 0.765. The molecule has 144 valence electrons. The van der Waals surface area contributed by atoms with Crippen LogP contribution in [0.15, 0.2) is 17.4 Å². The van der Waals surface area contributed by atoms with E-state index in [9.17, 15) is 0 Å². The van der Waals surface area contributed by atoms with Gasteiger partial charge in [-0.3, -0.25) is 9.67 Å². The fourth-order valence-electron chi connectivity index (χ4n) is 2.65. The molecule has 1 unspecified atom stereocenters. The Morgan fingerprint density at radius 2 is 2.28 bits per heavy atom. The Morgan fingerprint density at radius 3 is 2.88 bits per heavy atom. The van der Waals surface area contributed by atoms with Crippen LogP contribution in [0.4, 0.5) is 0 Å². The summed E-state index contributed by atoms with van der Waals surface area (Å²) in [6.07, 6.45) is 3.96. The van der Waals surface area contributed by atoms with Gasteiger partial charge < -0.3 is 19.9 Å². The van der Waals surface area contributed by atoms with Crippen molar-refractivity contribution in [2.45, 2.75) is 32.9 Å². The SMILES string of the molecule is CCNC(=NCCN(C)C(C)C)N1CCOC(c2cnn(C)c2)C1.I. The van der Waals surface area contributed by atoms with Crippen LogP contribution in [0.1, 0.15) is 32.4 Å². The van der Waals surface area contributed by atoms with Crippen LogP contribution in [0.25, 0.3) is 0 Å². The number of ether oxygens (including phenoxy) is 1. The predicted molar refractivity (Wildman–Crippen MR) is 113 cm³/mol. The van der Waals surface area contributed by atoms with Crippen molar-refractivity contribution in [1.29, 1.82) is 0 Å². The minimum Gasteiger partial charge on any atom is -0.370 e. The highest BCUT2D eigenvalue weighted by atomic mass is 127. The van der Waals surface area contributed by atoms with Gasteiger partial charge >= 0.3 is 0 Å². The molecule has 0 spiro atoms. The van der Waals surface area contributed by atoms with E-state index < -0.39 is 0 Å². The van der Waals surface area contributed by atoms with Crippen LogP contribution in [0.3, 0.4) is 0 Å². The van der Waals surface area contributed by atoms with E-state index >= 15 is 0 Å². The van der Waals surface area contributed by atoms with Gasteiger partial charge in [-0.15, -0.1) is 24.0 Å². The van der Waals surface area contributed by atoms with Crippen molar-refractivity contribution in [3.8, 4) is 0 Å². The molecule has 1 atom stereocenters. The first-order valence-corrected chi connectivity index (χ1v) is 8.85. The lowest BCUT2D eigenvalue weighted by atomic mass is 10.1. The van der Waals surface area contributed by atoms with Gasteiger partial charge in [0.05, 0.1) is 25.9 Å². The third kappa shape index (κ3) is 6.74. The zero-order valence-corrected chi connectivity index (χ0v) is 18.4. The van der Waals surface area contributed by atoms with Crippen LogP contribution in [0.2, 0.25) is 0 Å². The van der Waals surface area contributed by atoms with E-state index in [4.69, 9.17) is 9.73 Å². The van der Waals surface area contributed by atoms with Crippen molar-refractivity contribution in [2.24, 2.45) is 12.0 Å². The lowest BCUT2D eigenvalue weighted by molar-refractivity contribution is -0.00805. The lowest BCUT2D eigenvalue weighted by Gasteiger charge is -2.35. The molecule has 2 heterocycles. The number of hydrogen-bond donors (Lipinski definition) is 1. The molecule has 0 bridgehead atoms. The van der Waals surface area contributed by atoms with Crippen molar-refractivity contribution in [2.75, 3.05) is 46.4 Å².